The van der Waals surface area contributed by atoms with Crippen molar-refractivity contribution in [1.29, 1.82) is 0 Å². The van der Waals surface area contributed by atoms with Crippen LogP contribution in [0.5, 0.6) is 0 Å². The van der Waals surface area contributed by atoms with E-state index >= 15 is 0 Å². The van der Waals surface area contributed by atoms with E-state index in [0.717, 1.165) is 41.0 Å². The Labute approximate surface area is 214 Å². The Balaban J connectivity index is 1.54. The highest BCUT2D eigenvalue weighted by molar-refractivity contribution is 7.89. The van der Waals surface area contributed by atoms with Crippen molar-refractivity contribution in [2.45, 2.75) is 42.5 Å². The van der Waals surface area contributed by atoms with Crippen LogP contribution in [-0.4, -0.2) is 47.2 Å². The highest BCUT2D eigenvalue weighted by Gasteiger charge is 2.45. The smallest absolute Gasteiger partial charge is 0.298 e. The number of nitrogens with zero attached hydrogens (tertiary/aromatic N) is 4. The summed E-state index contributed by atoms with van der Waals surface area (Å²) in [7, 11) is -4.27. The molecule has 38 heavy (non-hydrogen) atoms. The Bertz CT molecular complexity index is 1490. The molecule has 0 bridgehead atoms. The van der Waals surface area contributed by atoms with Gasteiger partial charge in [0, 0.05) is 30.9 Å². The summed E-state index contributed by atoms with van der Waals surface area (Å²) in [6.07, 6.45) is -4.99. The fourth-order valence-electron chi connectivity index (χ4n) is 4.21. The van der Waals surface area contributed by atoms with Gasteiger partial charge in [-0.25, -0.2) is 32.0 Å². The molecule has 1 saturated heterocycles. The number of Topliss-reactive ketones (excluding diaryl/α,β-unsaturated/α-hetero) is 1. The zero-order valence-electron chi connectivity index (χ0n) is 19.5. The van der Waals surface area contributed by atoms with Crippen LogP contribution in [0.4, 0.5) is 27.6 Å². The Kier molecular flexibility index (Phi) is 7.57. The first-order valence-corrected chi connectivity index (χ1v) is 12.7. The van der Waals surface area contributed by atoms with E-state index in [2.05, 4.69) is 14.8 Å². The van der Waals surface area contributed by atoms with Crippen LogP contribution in [0.2, 0.25) is 0 Å². The molecular weight excluding hydrogens is 531 g/mol. The van der Waals surface area contributed by atoms with Gasteiger partial charge in [0.25, 0.3) is 0 Å². The van der Waals surface area contributed by atoms with Gasteiger partial charge in [-0.3, -0.25) is 4.79 Å². The van der Waals surface area contributed by atoms with Crippen molar-refractivity contribution >= 4 is 21.5 Å². The fraction of sp³-hybridized carbons (Fsp3) is 0.280. The number of aryl methyl sites for hydroxylation is 1. The van der Waals surface area contributed by atoms with Gasteiger partial charge in [-0.2, -0.15) is 17.5 Å². The number of hydrogen-bond donors (Lipinski definition) is 0. The second-order valence-corrected chi connectivity index (χ2v) is 10.4. The van der Waals surface area contributed by atoms with Crippen molar-refractivity contribution < 1.29 is 35.2 Å². The molecule has 2 atom stereocenters. The van der Waals surface area contributed by atoms with Crippen molar-refractivity contribution in [2.24, 2.45) is 0 Å². The molecule has 2 heterocycles. The molecule has 1 fully saturated rings. The molecule has 0 aliphatic carbocycles. The number of halogens is 5. The van der Waals surface area contributed by atoms with E-state index in [1.54, 1.807) is 0 Å². The van der Waals surface area contributed by atoms with E-state index < -0.39 is 45.8 Å². The quantitative estimate of drug-likeness (QED) is 0.300. The highest BCUT2D eigenvalue weighted by Crippen LogP contribution is 2.32. The molecule has 0 saturated carbocycles. The van der Waals surface area contributed by atoms with Gasteiger partial charge in [0.05, 0.1) is 11.5 Å². The monoisotopic (exact) mass is 550 g/mol. The van der Waals surface area contributed by atoms with Crippen LogP contribution in [0.3, 0.4) is 0 Å². The molecule has 4 rings (SSSR count). The molecule has 13 heteroatoms. The van der Waals surface area contributed by atoms with Gasteiger partial charge in [-0.05, 0) is 48.2 Å². The third-order valence-electron chi connectivity index (χ3n) is 6.11. The molecule has 7 nitrogen and oxygen atoms in total. The third kappa shape index (κ3) is 5.56. The second kappa shape index (κ2) is 10.5. The number of rotatable bonds is 7. The lowest BCUT2D eigenvalue weighted by Gasteiger charge is -2.24. The van der Waals surface area contributed by atoms with Gasteiger partial charge >= 0.3 is 6.18 Å². The van der Waals surface area contributed by atoms with Gasteiger partial charge in [0.2, 0.25) is 15.8 Å². The number of sulfonamides is 1. The fourth-order valence-corrected chi connectivity index (χ4v) is 5.85. The molecule has 0 radical (unpaired) electrons. The van der Waals surface area contributed by atoms with Crippen LogP contribution in [0, 0.1) is 12.4 Å². The first-order chi connectivity index (χ1) is 17.9. The predicted molar refractivity (Wildman–Crippen MR) is 126 cm³/mol. The summed E-state index contributed by atoms with van der Waals surface area (Å²) < 4.78 is 93.1. The summed E-state index contributed by atoms with van der Waals surface area (Å²) in [5, 5.41) is 0. The Morgan fingerprint density at radius 1 is 1.08 bits per heavy atom. The maximum atomic E-state index is 14.7. The Hall–Kier alpha value is -3.76. The molecule has 2 aromatic carbocycles. The molecule has 0 unspecified atom stereocenters. The van der Waals surface area contributed by atoms with Crippen molar-refractivity contribution in [1.82, 2.24) is 14.3 Å². The second-order valence-electron chi connectivity index (χ2n) is 8.53. The Morgan fingerprint density at radius 3 is 2.34 bits per heavy atom. The van der Waals surface area contributed by atoms with Gasteiger partial charge in [0.1, 0.15) is 18.0 Å². The molecule has 0 amide bonds. The molecular formula is C25H19F5N4O3S. The Morgan fingerprint density at radius 2 is 1.74 bits per heavy atom. The summed E-state index contributed by atoms with van der Waals surface area (Å²) in [6.45, 7) is 7.15. The van der Waals surface area contributed by atoms with Crippen LogP contribution in [0.15, 0.2) is 59.8 Å². The molecule has 1 aliphatic heterocycles. The number of alkyl halides is 4. The highest BCUT2D eigenvalue weighted by atomic mass is 32.2. The minimum Gasteiger partial charge on any atom is -0.298 e. The molecule has 1 aromatic heterocycles. The van der Waals surface area contributed by atoms with Crippen LogP contribution < -0.4 is 0 Å². The van der Waals surface area contributed by atoms with Gasteiger partial charge < -0.3 is 0 Å². The first-order valence-electron chi connectivity index (χ1n) is 11.3. The maximum Gasteiger partial charge on any atom is 0.451 e. The summed E-state index contributed by atoms with van der Waals surface area (Å²) in [6, 6.07) is 6.83. The first kappa shape index (κ1) is 27.3. The van der Waals surface area contributed by atoms with Crippen molar-refractivity contribution in [2.75, 3.05) is 6.54 Å². The number of carbonyl (C=O) groups excluding carboxylic acids is 1. The number of carbonyl (C=O) groups is 1. The third-order valence-corrected chi connectivity index (χ3v) is 8.00. The zero-order valence-corrected chi connectivity index (χ0v) is 20.3. The number of ketones is 1. The minimum atomic E-state index is -4.70. The SMILES string of the molecule is [C-]#[N+]c1ccc(-c2cnc(C(F)(F)F)nc2)cc1CCC(=O)[C@@H]1[C@@H](F)CCN1S(=O)(=O)c1ccc(F)cc1. The zero-order chi connectivity index (χ0) is 27.7. The van der Waals surface area contributed by atoms with Crippen LogP contribution >= 0.6 is 0 Å². The van der Waals surface area contributed by atoms with E-state index in [9.17, 15) is 35.2 Å². The molecule has 0 N–H and O–H groups in total. The lowest BCUT2D eigenvalue weighted by atomic mass is 9.97. The van der Waals surface area contributed by atoms with Crippen LogP contribution in [-0.2, 0) is 27.4 Å². The molecule has 1 aliphatic rings. The number of aromatic nitrogens is 2. The minimum absolute atomic E-state index is 0.0421. The van der Waals surface area contributed by atoms with Crippen molar-refractivity contribution in [3.05, 3.63) is 83.5 Å². The molecule has 0 spiro atoms. The number of benzene rings is 2. The van der Waals surface area contributed by atoms with Gasteiger partial charge in [0.15, 0.2) is 11.5 Å². The van der Waals surface area contributed by atoms with E-state index in [-0.39, 0.29) is 42.0 Å². The average Bonchev–Trinajstić information content (AvgIpc) is 3.29. The summed E-state index contributed by atoms with van der Waals surface area (Å²) in [5.41, 5.74) is 1.19. The van der Waals surface area contributed by atoms with Gasteiger partial charge in [-0.15, -0.1) is 0 Å². The summed E-state index contributed by atoms with van der Waals surface area (Å²) in [4.78, 5) is 22.8. The summed E-state index contributed by atoms with van der Waals surface area (Å²) in [5.74, 6) is -2.65. The molecule has 3 aromatic rings. The maximum absolute atomic E-state index is 14.7. The average molecular weight is 551 g/mol. The van der Waals surface area contributed by atoms with E-state index in [1.165, 1.54) is 18.2 Å². The number of hydrogen-bond acceptors (Lipinski definition) is 5. The van der Waals surface area contributed by atoms with E-state index in [1.807, 2.05) is 0 Å². The van der Waals surface area contributed by atoms with E-state index in [4.69, 9.17) is 6.57 Å². The van der Waals surface area contributed by atoms with Gasteiger partial charge in [-0.1, -0.05) is 18.2 Å². The molecule has 198 valence electrons. The van der Waals surface area contributed by atoms with Crippen molar-refractivity contribution in [3.63, 3.8) is 0 Å². The lowest BCUT2D eigenvalue weighted by molar-refractivity contribution is -0.145. The van der Waals surface area contributed by atoms with E-state index in [0.29, 0.717) is 11.1 Å². The van der Waals surface area contributed by atoms with Crippen LogP contribution in [0.25, 0.3) is 16.0 Å². The largest absolute Gasteiger partial charge is 0.451 e. The lowest BCUT2D eigenvalue weighted by Crippen LogP contribution is -2.44. The van der Waals surface area contributed by atoms with Crippen LogP contribution in [0.1, 0.15) is 24.2 Å². The normalized spacial score (nSPS) is 18.3. The van der Waals surface area contributed by atoms with Crippen molar-refractivity contribution in [3.8, 4) is 11.1 Å². The summed E-state index contributed by atoms with van der Waals surface area (Å²) >= 11 is 0. The standard InChI is InChI=1S/C25H19F5N4O3S/c1-31-21-8-2-15(17-13-32-24(33-14-17)25(28,29)30)12-16(21)3-9-22(35)23-20(27)10-11-34(23)38(36,37)19-6-4-18(26)5-7-19/h2,4-8,12-14,20,23H,3,9-11H2/t20-,23-/m0/s1. The predicted octanol–water partition coefficient (Wildman–Crippen LogP) is 5.16. The topological polar surface area (TPSA) is 84.6 Å².